The monoisotopic (exact) mass is 749 g/mol. The number of aromatic nitrogens is 9. The third-order valence-corrected chi connectivity index (χ3v) is 11.8. The van der Waals surface area contributed by atoms with E-state index < -0.39 is 5.97 Å². The van der Waals surface area contributed by atoms with Crippen LogP contribution in [0.2, 0.25) is 0 Å². The Kier molecular flexibility index (Phi) is 10.0. The predicted molar refractivity (Wildman–Crippen MR) is 200 cm³/mol. The first-order chi connectivity index (χ1) is 26.5. The Balaban J connectivity index is 0.000000167. The summed E-state index contributed by atoms with van der Waals surface area (Å²) in [6, 6.07) is 1.96. The molecule has 16 nitrogen and oxygen atoms in total. The number of rotatable bonds is 9. The van der Waals surface area contributed by atoms with E-state index in [2.05, 4.69) is 45.2 Å². The summed E-state index contributed by atoms with van der Waals surface area (Å²) in [5, 5.41) is 22.3. The van der Waals surface area contributed by atoms with Crippen LogP contribution in [-0.2, 0) is 19.5 Å². The average molecular weight is 750 g/mol. The second kappa shape index (κ2) is 15.0. The van der Waals surface area contributed by atoms with Crippen LogP contribution in [0.4, 0.5) is 17.7 Å². The number of aryl methyl sites for hydroxylation is 3. The number of nitrogen functional groups attached to an aromatic ring is 1. The van der Waals surface area contributed by atoms with Crippen molar-refractivity contribution in [3.8, 4) is 0 Å². The van der Waals surface area contributed by atoms with Gasteiger partial charge in [-0.25, -0.2) is 24.9 Å². The number of aromatic carboxylic acids is 1. The van der Waals surface area contributed by atoms with Gasteiger partial charge in [-0.3, -0.25) is 14.2 Å². The molecule has 0 radical (unpaired) electrons. The normalized spacial score (nSPS) is 22.4. The Hall–Kier alpha value is -5.33. The fraction of sp³-hybridized carbons (Fsp3) is 0.462. The molecule has 0 bridgehead atoms. The number of piperidine rings is 2. The van der Waals surface area contributed by atoms with Crippen molar-refractivity contribution in [2.75, 3.05) is 41.7 Å². The van der Waals surface area contributed by atoms with Gasteiger partial charge >= 0.3 is 18.9 Å². The topological polar surface area (TPSA) is 202 Å². The minimum absolute atomic E-state index is 0. The van der Waals surface area contributed by atoms with E-state index in [0.717, 1.165) is 114 Å². The van der Waals surface area contributed by atoms with Gasteiger partial charge in [0.05, 0.1) is 43.1 Å². The standard InChI is InChI=1S/C24H28N8O.C15H17N5O2.Li/c1-13-5-20-19(22(25)28-13)3-4-21(20)30-23(33)18-8-27-32(12-18)11-17-7-26-24(29-14(17)2)31-9-15-6-16(15)10-31;1-9-12(7-20-8-13(4-17-20)14(21)22)3-16-15(18-9)19-5-10-2-11(10)6-19;/h5,7-8,12,15-16,21H,3-4,6,9-11H2,1-2H3,(H2,25,28)(H,30,33);3-4,8,10-11H,2,5-7H2,1H3,(H,21,22);/q;;+1/p-1/t15?,16?,21-;;/m1../s1. The molecule has 5 aromatic heterocycles. The fourth-order valence-electron chi connectivity index (χ4n) is 8.34. The van der Waals surface area contributed by atoms with Crippen molar-refractivity contribution in [2.24, 2.45) is 23.7 Å². The smallest absolute Gasteiger partial charge is 0.545 e. The molecule has 17 heteroatoms. The second-order valence-electron chi connectivity index (χ2n) is 15.8. The van der Waals surface area contributed by atoms with Crippen molar-refractivity contribution in [3.05, 3.63) is 93.7 Å². The number of nitrogens with one attached hydrogen (secondary N) is 1. The summed E-state index contributed by atoms with van der Waals surface area (Å²) in [5.41, 5.74) is 13.4. The quantitative estimate of drug-likeness (QED) is 0.175. The number of fused-ring (bicyclic) bond motifs is 3. The van der Waals surface area contributed by atoms with E-state index in [-0.39, 0.29) is 36.4 Å². The molecule has 5 atom stereocenters. The van der Waals surface area contributed by atoms with E-state index in [0.29, 0.717) is 24.5 Å². The van der Waals surface area contributed by atoms with Gasteiger partial charge in [0.1, 0.15) is 5.82 Å². The zero-order valence-corrected chi connectivity index (χ0v) is 32.2. The third kappa shape index (κ3) is 7.72. The van der Waals surface area contributed by atoms with Gasteiger partial charge in [0.15, 0.2) is 0 Å². The van der Waals surface area contributed by atoms with Crippen LogP contribution in [0, 0.1) is 44.4 Å². The molecule has 0 aromatic carbocycles. The summed E-state index contributed by atoms with van der Waals surface area (Å²) in [6.45, 7) is 11.1. The van der Waals surface area contributed by atoms with E-state index in [1.807, 2.05) is 39.2 Å². The number of carbonyl (C=O) groups is 2. The molecule has 4 unspecified atom stereocenters. The van der Waals surface area contributed by atoms with Crippen molar-refractivity contribution in [1.82, 2.24) is 49.8 Å². The van der Waals surface area contributed by atoms with Gasteiger partial charge in [0.25, 0.3) is 5.91 Å². The minimum atomic E-state index is -1.22. The number of nitrogens with zero attached hydrogens (tertiary/aromatic N) is 11. The summed E-state index contributed by atoms with van der Waals surface area (Å²) in [6.07, 6.45) is 14.2. The maximum atomic E-state index is 12.9. The van der Waals surface area contributed by atoms with Gasteiger partial charge in [0, 0.05) is 84.7 Å². The van der Waals surface area contributed by atoms with Gasteiger partial charge in [-0.1, -0.05) is 0 Å². The molecule has 3 N–H and O–H groups in total. The number of nitrogens with two attached hydrogens (primary N) is 1. The first-order valence-electron chi connectivity index (χ1n) is 19.0. The summed E-state index contributed by atoms with van der Waals surface area (Å²) in [7, 11) is 0. The van der Waals surface area contributed by atoms with Gasteiger partial charge in [0.2, 0.25) is 11.9 Å². The molecule has 284 valence electrons. The Morgan fingerprint density at radius 2 is 1.30 bits per heavy atom. The molecule has 4 fully saturated rings. The molecule has 3 aliphatic carbocycles. The number of hydrogen-bond donors (Lipinski definition) is 2. The molecule has 7 heterocycles. The number of carbonyl (C=O) groups excluding carboxylic acids is 2. The third-order valence-electron chi connectivity index (χ3n) is 11.8. The molecule has 5 aromatic rings. The van der Waals surface area contributed by atoms with Crippen LogP contribution in [0.25, 0.3) is 0 Å². The largest absolute Gasteiger partial charge is 1.00 e. The van der Waals surface area contributed by atoms with Crippen molar-refractivity contribution < 1.29 is 33.6 Å². The summed E-state index contributed by atoms with van der Waals surface area (Å²) in [5.74, 6) is 4.21. The van der Waals surface area contributed by atoms with Gasteiger partial charge in [-0.2, -0.15) is 10.2 Å². The van der Waals surface area contributed by atoms with E-state index in [1.54, 1.807) is 21.8 Å². The van der Waals surface area contributed by atoms with Crippen LogP contribution in [0.15, 0.2) is 43.2 Å². The number of pyridine rings is 1. The number of carboxylic acid groups (broad SMARTS) is 1. The van der Waals surface area contributed by atoms with Crippen LogP contribution in [0.3, 0.4) is 0 Å². The van der Waals surface area contributed by atoms with E-state index >= 15 is 0 Å². The Morgan fingerprint density at radius 1 is 0.786 bits per heavy atom. The molecule has 2 saturated carbocycles. The minimum Gasteiger partial charge on any atom is -0.545 e. The van der Waals surface area contributed by atoms with E-state index in [4.69, 9.17) is 10.7 Å². The Labute approximate surface area is 336 Å². The maximum absolute atomic E-state index is 12.9. The SMILES string of the molecule is Cc1cc2c(c(N)n1)CC[C@H]2NC(=O)c1cnn(Cc2cnc(N3CC4CC4C3)nc2C)c1.Cc1nc(N2CC3CC3C2)ncc1Cn1cc(C(=O)[O-])cn1.[Li+]. The van der Waals surface area contributed by atoms with E-state index in [1.165, 1.54) is 25.2 Å². The summed E-state index contributed by atoms with van der Waals surface area (Å²) in [4.78, 5) is 50.9. The number of hydrogen-bond acceptors (Lipinski definition) is 13. The zero-order valence-electron chi connectivity index (χ0n) is 32.2. The molecule has 0 spiro atoms. The second-order valence-corrected chi connectivity index (χ2v) is 15.8. The number of amides is 1. The fourth-order valence-corrected chi connectivity index (χ4v) is 8.34. The molecular formula is C39H44LiN13O3. The average Bonchev–Trinajstić information content (AvgIpc) is 3.62. The summed E-state index contributed by atoms with van der Waals surface area (Å²) >= 11 is 0. The van der Waals surface area contributed by atoms with Gasteiger partial charge < -0.3 is 30.8 Å². The van der Waals surface area contributed by atoms with Crippen LogP contribution in [0.1, 0.15) is 85.4 Å². The Morgan fingerprint density at radius 3 is 1.80 bits per heavy atom. The zero-order chi connectivity index (χ0) is 38.0. The Bertz CT molecular complexity index is 2290. The molecular weight excluding hydrogens is 705 g/mol. The van der Waals surface area contributed by atoms with Gasteiger partial charge in [-0.15, -0.1) is 0 Å². The molecule has 2 aliphatic heterocycles. The van der Waals surface area contributed by atoms with Crippen molar-refractivity contribution in [3.63, 3.8) is 0 Å². The molecule has 2 saturated heterocycles. The van der Waals surface area contributed by atoms with Crippen molar-refractivity contribution in [1.29, 1.82) is 0 Å². The van der Waals surface area contributed by atoms with Gasteiger partial charge in [-0.05, 0) is 87.3 Å². The number of anilines is 3. The van der Waals surface area contributed by atoms with Crippen LogP contribution < -0.4 is 44.8 Å². The van der Waals surface area contributed by atoms with Crippen LogP contribution >= 0.6 is 0 Å². The van der Waals surface area contributed by atoms with E-state index in [9.17, 15) is 14.7 Å². The molecule has 56 heavy (non-hydrogen) atoms. The summed E-state index contributed by atoms with van der Waals surface area (Å²) < 4.78 is 3.32. The first kappa shape index (κ1) is 37.6. The number of carboxylic acids is 1. The molecule has 5 aliphatic rings. The predicted octanol–water partition coefficient (Wildman–Crippen LogP) is -0.958. The molecule has 1 amide bonds. The first-order valence-corrected chi connectivity index (χ1v) is 19.0. The van der Waals surface area contributed by atoms with Crippen LogP contribution in [-0.4, -0.2) is 82.5 Å². The van der Waals surface area contributed by atoms with Crippen molar-refractivity contribution in [2.45, 2.75) is 65.6 Å². The maximum Gasteiger partial charge on any atom is 1.00 e. The molecule has 10 rings (SSSR count). The van der Waals surface area contributed by atoms with Crippen LogP contribution in [0.5, 0.6) is 0 Å². The van der Waals surface area contributed by atoms with Crippen molar-refractivity contribution >= 4 is 29.6 Å².